The normalized spacial score (nSPS) is 15.1. The fraction of sp³-hybridized carbons (Fsp3) is 0.214. The number of para-hydroxylation sites is 1. The molecular formula is C28H25NO6. The van der Waals surface area contributed by atoms with Gasteiger partial charge < -0.3 is 14.4 Å². The summed E-state index contributed by atoms with van der Waals surface area (Å²) in [6.07, 6.45) is 0.820. The zero-order chi connectivity index (χ0) is 24.8. The van der Waals surface area contributed by atoms with Gasteiger partial charge in [0.15, 0.2) is 12.4 Å². The third kappa shape index (κ3) is 5.63. The molecule has 1 heterocycles. The molecule has 0 unspecified atom stereocenters. The Balaban J connectivity index is 1.30. The van der Waals surface area contributed by atoms with Crippen molar-refractivity contribution in [1.29, 1.82) is 0 Å². The lowest BCUT2D eigenvalue weighted by atomic mass is 10.1. The quantitative estimate of drug-likeness (QED) is 0.277. The van der Waals surface area contributed by atoms with Crippen molar-refractivity contribution in [2.45, 2.75) is 19.8 Å². The van der Waals surface area contributed by atoms with Gasteiger partial charge in [0, 0.05) is 24.2 Å². The van der Waals surface area contributed by atoms with Crippen LogP contribution in [0.3, 0.4) is 0 Å². The van der Waals surface area contributed by atoms with Gasteiger partial charge in [-0.2, -0.15) is 0 Å². The van der Waals surface area contributed by atoms with E-state index in [1.807, 2.05) is 31.2 Å². The van der Waals surface area contributed by atoms with Gasteiger partial charge in [0.1, 0.15) is 5.75 Å². The molecule has 35 heavy (non-hydrogen) atoms. The van der Waals surface area contributed by atoms with Crippen LogP contribution in [0, 0.1) is 5.92 Å². The smallest absolute Gasteiger partial charge is 0.343 e. The molecule has 1 atom stereocenters. The Hall–Kier alpha value is -4.26. The number of amides is 1. The fourth-order valence-electron chi connectivity index (χ4n) is 3.96. The highest BCUT2D eigenvalue weighted by Crippen LogP contribution is 2.29. The standard InChI is InChI=1S/C28H25NO6/c1-2-19-8-6-7-11-24(19)29-17-22(16-26(29)31)27(32)34-18-25(30)20-12-14-23(15-13-20)35-28(33)21-9-4-3-5-10-21/h3-15,22H,2,16-18H2,1H3/t22-/m0/s1. The van der Waals surface area contributed by atoms with E-state index in [-0.39, 0.29) is 18.9 Å². The van der Waals surface area contributed by atoms with Crippen LogP contribution in [-0.4, -0.2) is 36.8 Å². The number of anilines is 1. The van der Waals surface area contributed by atoms with Crippen molar-refractivity contribution < 1.29 is 28.7 Å². The maximum absolute atomic E-state index is 12.6. The van der Waals surface area contributed by atoms with E-state index in [1.54, 1.807) is 35.2 Å². The van der Waals surface area contributed by atoms with Crippen molar-refractivity contribution >= 4 is 29.3 Å². The third-order valence-electron chi connectivity index (χ3n) is 5.86. The molecule has 0 aromatic heterocycles. The SMILES string of the molecule is CCc1ccccc1N1C[C@@H](C(=O)OCC(=O)c2ccc(OC(=O)c3ccccc3)cc2)CC1=O. The van der Waals surface area contributed by atoms with E-state index < -0.39 is 30.2 Å². The first-order valence-corrected chi connectivity index (χ1v) is 11.4. The van der Waals surface area contributed by atoms with Crippen LogP contribution in [0.4, 0.5) is 5.69 Å². The van der Waals surface area contributed by atoms with Crippen LogP contribution in [0.25, 0.3) is 0 Å². The van der Waals surface area contributed by atoms with Crippen LogP contribution in [0.1, 0.15) is 39.6 Å². The van der Waals surface area contributed by atoms with Crippen LogP contribution in [0.5, 0.6) is 5.75 Å². The zero-order valence-corrected chi connectivity index (χ0v) is 19.3. The summed E-state index contributed by atoms with van der Waals surface area (Å²) in [5, 5.41) is 0. The molecule has 0 radical (unpaired) electrons. The van der Waals surface area contributed by atoms with Crippen molar-refractivity contribution in [3.63, 3.8) is 0 Å². The average molecular weight is 472 g/mol. The summed E-state index contributed by atoms with van der Waals surface area (Å²) in [6.45, 7) is 1.80. The Labute approximate surface area is 203 Å². The minimum atomic E-state index is -0.625. The van der Waals surface area contributed by atoms with Gasteiger partial charge in [0.25, 0.3) is 0 Å². The zero-order valence-electron chi connectivity index (χ0n) is 19.3. The second-order valence-corrected chi connectivity index (χ2v) is 8.20. The Morgan fingerprint density at radius 1 is 0.886 bits per heavy atom. The van der Waals surface area contributed by atoms with Crippen LogP contribution in [-0.2, 0) is 20.7 Å². The van der Waals surface area contributed by atoms with Crippen molar-refractivity contribution in [1.82, 2.24) is 0 Å². The van der Waals surface area contributed by atoms with Crippen molar-refractivity contribution in [3.8, 4) is 5.75 Å². The molecule has 178 valence electrons. The number of hydrogen-bond donors (Lipinski definition) is 0. The summed E-state index contributed by atoms with van der Waals surface area (Å²) in [6, 6.07) is 22.2. The van der Waals surface area contributed by atoms with E-state index in [2.05, 4.69) is 0 Å². The number of carbonyl (C=O) groups excluding carboxylic acids is 4. The monoisotopic (exact) mass is 471 g/mol. The summed E-state index contributed by atoms with van der Waals surface area (Å²) in [7, 11) is 0. The molecule has 7 nitrogen and oxygen atoms in total. The van der Waals surface area contributed by atoms with E-state index in [1.165, 1.54) is 24.3 Å². The maximum atomic E-state index is 12.6. The van der Waals surface area contributed by atoms with Gasteiger partial charge in [-0.3, -0.25) is 14.4 Å². The summed E-state index contributed by atoms with van der Waals surface area (Å²) in [4.78, 5) is 51.3. The van der Waals surface area contributed by atoms with Crippen molar-refractivity contribution in [2.75, 3.05) is 18.1 Å². The first-order chi connectivity index (χ1) is 17.0. The Kier molecular flexibility index (Phi) is 7.35. The predicted octanol–water partition coefficient (Wildman–Crippen LogP) is 4.25. The molecule has 7 heteroatoms. The molecule has 0 N–H and O–H groups in total. The van der Waals surface area contributed by atoms with Crippen LogP contribution in [0.15, 0.2) is 78.9 Å². The Morgan fingerprint density at radius 3 is 2.29 bits per heavy atom. The van der Waals surface area contributed by atoms with E-state index in [9.17, 15) is 19.2 Å². The number of rotatable bonds is 8. The van der Waals surface area contributed by atoms with Crippen molar-refractivity contribution in [3.05, 3.63) is 95.6 Å². The Bertz CT molecular complexity index is 1240. The molecule has 0 saturated carbocycles. The third-order valence-corrected chi connectivity index (χ3v) is 5.86. The van der Waals surface area contributed by atoms with E-state index in [0.717, 1.165) is 17.7 Å². The van der Waals surface area contributed by atoms with Gasteiger partial charge in [-0.1, -0.05) is 43.3 Å². The number of ether oxygens (including phenoxy) is 2. The highest BCUT2D eigenvalue weighted by atomic mass is 16.5. The van der Waals surface area contributed by atoms with Gasteiger partial charge >= 0.3 is 11.9 Å². The number of benzene rings is 3. The molecular weight excluding hydrogens is 446 g/mol. The fourth-order valence-corrected chi connectivity index (χ4v) is 3.96. The van der Waals surface area contributed by atoms with Gasteiger partial charge in [-0.25, -0.2) is 4.79 Å². The molecule has 1 amide bonds. The largest absolute Gasteiger partial charge is 0.457 e. The molecule has 3 aromatic carbocycles. The number of carbonyl (C=O) groups is 4. The van der Waals surface area contributed by atoms with Gasteiger partial charge in [-0.05, 0) is 54.4 Å². The molecule has 0 spiro atoms. The predicted molar refractivity (Wildman–Crippen MR) is 129 cm³/mol. The Morgan fingerprint density at radius 2 is 1.57 bits per heavy atom. The van der Waals surface area contributed by atoms with Crippen LogP contribution in [0.2, 0.25) is 0 Å². The molecule has 1 fully saturated rings. The molecule has 1 aliphatic rings. The lowest BCUT2D eigenvalue weighted by Crippen LogP contribution is -2.28. The molecule has 1 aliphatic heterocycles. The van der Waals surface area contributed by atoms with Crippen molar-refractivity contribution in [2.24, 2.45) is 5.92 Å². The van der Waals surface area contributed by atoms with E-state index >= 15 is 0 Å². The summed E-state index contributed by atoms with van der Waals surface area (Å²) in [5.41, 5.74) is 2.57. The highest BCUT2D eigenvalue weighted by Gasteiger charge is 2.37. The molecule has 1 saturated heterocycles. The number of esters is 2. The van der Waals surface area contributed by atoms with Crippen LogP contribution < -0.4 is 9.64 Å². The second-order valence-electron chi connectivity index (χ2n) is 8.20. The number of Topliss-reactive ketones (excluding diaryl/α,β-unsaturated/α-hetero) is 1. The number of aryl methyl sites for hydroxylation is 1. The summed E-state index contributed by atoms with van der Waals surface area (Å²) >= 11 is 0. The lowest BCUT2D eigenvalue weighted by molar-refractivity contribution is -0.147. The maximum Gasteiger partial charge on any atom is 0.343 e. The summed E-state index contributed by atoms with van der Waals surface area (Å²) < 4.78 is 10.5. The number of hydrogen-bond acceptors (Lipinski definition) is 6. The first kappa shape index (κ1) is 23.9. The van der Waals surface area contributed by atoms with Gasteiger partial charge in [-0.15, -0.1) is 0 Å². The highest BCUT2D eigenvalue weighted by molar-refractivity contribution is 6.01. The number of nitrogens with zero attached hydrogens (tertiary/aromatic N) is 1. The molecule has 0 aliphatic carbocycles. The molecule has 3 aromatic rings. The second kappa shape index (κ2) is 10.8. The van der Waals surface area contributed by atoms with E-state index in [4.69, 9.17) is 9.47 Å². The van der Waals surface area contributed by atoms with E-state index in [0.29, 0.717) is 16.9 Å². The van der Waals surface area contributed by atoms with Gasteiger partial charge in [0.05, 0.1) is 11.5 Å². The topological polar surface area (TPSA) is 90.0 Å². The lowest BCUT2D eigenvalue weighted by Gasteiger charge is -2.19. The molecule has 4 rings (SSSR count). The van der Waals surface area contributed by atoms with Gasteiger partial charge in [0.2, 0.25) is 5.91 Å². The average Bonchev–Trinajstić information content (AvgIpc) is 3.29. The number of ketones is 1. The first-order valence-electron chi connectivity index (χ1n) is 11.4. The minimum Gasteiger partial charge on any atom is -0.457 e. The molecule has 0 bridgehead atoms. The summed E-state index contributed by atoms with van der Waals surface area (Å²) in [5.74, 6) is -1.93. The minimum absolute atomic E-state index is 0.0482. The van der Waals surface area contributed by atoms with Crippen LogP contribution >= 0.6 is 0 Å².